The third kappa shape index (κ3) is 15.7. The Morgan fingerprint density at radius 3 is 1.01 bits per heavy atom. The van der Waals surface area contributed by atoms with Gasteiger partial charge in [0.25, 0.3) is 0 Å². The Morgan fingerprint density at radius 1 is 0.464 bits per heavy atom. The van der Waals surface area contributed by atoms with Crippen molar-refractivity contribution in [2.45, 2.75) is 67.6 Å². The number of carboxylic acid groups (broad SMARTS) is 2. The number of ether oxygens (including phenoxy) is 3. The number of rotatable bonds is 14. The zero-order valence-corrected chi connectivity index (χ0v) is 43.1. The fourth-order valence-corrected chi connectivity index (χ4v) is 22.2. The molecule has 6 aromatic carbocycles. The number of aliphatic carboxylic acids is 2. The molecule has 2 heterocycles. The SMILES string of the molecule is O=C([O-])CCC(=O)[O-].OC[C@H]1O[C@@](CO)(O[C@H]2O[C@H](CO)[C@@H](O)[C@H](O)[C@H]2O)[C@@H](O)[C@@H]1O.c1cc[c]([Sn+]([c]2ccccc2)[c]2ccccc2)cc1.c1cc[c]([Sn+]([c]2ccccc2)[c]2ccccc2)cc1. The van der Waals surface area contributed by atoms with E-state index in [4.69, 9.17) is 24.4 Å². The van der Waals surface area contributed by atoms with Crippen LogP contribution >= 0.6 is 0 Å². The predicted octanol–water partition coefficient (Wildman–Crippen LogP) is -3.72. The second-order valence-electron chi connectivity index (χ2n) is 15.7. The Hall–Kier alpha value is -4.58. The van der Waals surface area contributed by atoms with E-state index in [0.717, 1.165) is 0 Å². The minimum atomic E-state index is -2.22. The van der Waals surface area contributed by atoms with E-state index in [-0.39, 0.29) is 0 Å². The van der Waals surface area contributed by atoms with Crippen molar-refractivity contribution in [3.8, 4) is 0 Å². The molecule has 8 N–H and O–H groups in total. The third-order valence-corrected chi connectivity index (χ3v) is 26.6. The van der Waals surface area contributed by atoms with Gasteiger partial charge in [0.1, 0.15) is 49.3 Å². The van der Waals surface area contributed by atoms with E-state index in [9.17, 15) is 50.4 Å². The average molecular weight is 1160 g/mol. The first-order valence-corrected chi connectivity index (χ1v) is 30.6. The molecule has 69 heavy (non-hydrogen) atoms. The molecule has 0 unspecified atom stereocenters. The van der Waals surface area contributed by atoms with Crippen LogP contribution in [0.15, 0.2) is 182 Å². The third-order valence-electron chi connectivity index (χ3n) is 11.0. The molecule has 0 aromatic heterocycles. The molecule has 2 saturated heterocycles. The van der Waals surface area contributed by atoms with E-state index in [1.165, 1.54) is 21.5 Å². The van der Waals surface area contributed by atoms with Gasteiger partial charge in [0.2, 0.25) is 5.79 Å². The standard InChI is InChI=1S/C12H22O11.6C6H5.C4H6O4.2Sn/c13-1-4-6(16)8(18)9(19)11(21-4)23-12(3-15)10(20)7(17)5(2-14)22-12;6*1-2-4-6-5-3-1;5-3(6)1-2-4(7)8;;/h4-11,13-20H,1-3H2;6*1-5H;1-2H2,(H,5,6)(H,7,8);;/q;;;;;;;;2*+1/p-2/t4-,5-,6-,7-,8+,9-,10+,11-,12+;;;;;;;;;/m1........./s1. The van der Waals surface area contributed by atoms with Crippen LogP contribution in [0.4, 0.5) is 0 Å². The molecule has 9 atom stereocenters. The quantitative estimate of drug-likeness (QED) is 0.0488. The van der Waals surface area contributed by atoms with E-state index >= 15 is 0 Å². The molecule has 362 valence electrons. The van der Waals surface area contributed by atoms with E-state index in [1.807, 2.05) is 0 Å². The molecular weight excluding hydrogens is 1100 g/mol. The summed E-state index contributed by atoms with van der Waals surface area (Å²) < 4.78 is 24.6. The topological polar surface area (TPSA) is 270 Å². The molecule has 0 saturated carbocycles. The van der Waals surface area contributed by atoms with Gasteiger partial charge in [-0.25, -0.2) is 0 Å². The van der Waals surface area contributed by atoms with Crippen molar-refractivity contribution in [1.29, 1.82) is 0 Å². The second-order valence-corrected chi connectivity index (χ2v) is 29.9. The van der Waals surface area contributed by atoms with Gasteiger partial charge in [0, 0.05) is 11.9 Å². The number of benzene rings is 6. The average Bonchev–Trinajstić information content (AvgIpc) is 3.63. The first kappa shape index (κ1) is 55.3. The summed E-state index contributed by atoms with van der Waals surface area (Å²) in [5, 5.41) is 95.7. The van der Waals surface area contributed by atoms with Gasteiger partial charge in [0.15, 0.2) is 6.29 Å². The van der Waals surface area contributed by atoms with E-state index in [1.54, 1.807) is 0 Å². The first-order chi connectivity index (χ1) is 33.3. The molecule has 0 amide bonds. The summed E-state index contributed by atoms with van der Waals surface area (Å²) in [7, 11) is 0. The number of carbonyl (C=O) groups is 2. The van der Waals surface area contributed by atoms with Gasteiger partial charge in [-0.1, -0.05) is 0 Å². The van der Waals surface area contributed by atoms with E-state index < -0.39 is 139 Å². The van der Waals surface area contributed by atoms with Crippen LogP contribution in [-0.4, -0.2) is 167 Å². The zero-order valence-electron chi connectivity index (χ0n) is 37.4. The Morgan fingerprint density at radius 2 is 0.768 bits per heavy atom. The molecule has 0 bridgehead atoms. The fraction of sp³-hybridized carbons (Fsp3) is 0.269. The summed E-state index contributed by atoms with van der Waals surface area (Å²) in [5.74, 6) is -4.95. The van der Waals surface area contributed by atoms with Crippen LogP contribution in [-0.2, 0) is 23.8 Å². The van der Waals surface area contributed by atoms with Crippen LogP contribution in [0.25, 0.3) is 0 Å². The van der Waals surface area contributed by atoms with Crippen LogP contribution in [0, 0.1) is 0 Å². The van der Waals surface area contributed by atoms with Gasteiger partial charge in [-0.2, -0.15) is 0 Å². The fourth-order valence-electron chi connectivity index (χ4n) is 7.46. The number of carbonyl (C=O) groups excluding carboxylic acids is 2. The zero-order chi connectivity index (χ0) is 49.8. The Balaban J connectivity index is 0.000000180. The summed E-state index contributed by atoms with van der Waals surface area (Å²) in [5.41, 5.74) is 0. The van der Waals surface area contributed by atoms with Gasteiger partial charge >= 0.3 is 243 Å². The second kappa shape index (κ2) is 28.3. The number of aliphatic hydroxyl groups is 8. The molecule has 0 aliphatic carbocycles. The van der Waals surface area contributed by atoms with Crippen LogP contribution in [0.1, 0.15) is 12.8 Å². The van der Waals surface area contributed by atoms with Crippen LogP contribution < -0.4 is 31.7 Å². The summed E-state index contributed by atoms with van der Waals surface area (Å²) in [6.45, 7) is -2.32. The molecule has 15 nitrogen and oxygen atoms in total. The summed E-state index contributed by atoms with van der Waals surface area (Å²) in [6, 6.07) is 65.9. The Bertz CT molecular complexity index is 2060. The minimum absolute atomic E-state index is 0.470. The van der Waals surface area contributed by atoms with Gasteiger partial charge in [-0.05, 0) is 12.8 Å². The maximum absolute atomic E-state index is 10.00. The van der Waals surface area contributed by atoms with Crippen molar-refractivity contribution >= 4 is 72.9 Å². The molecule has 2 aliphatic heterocycles. The monoisotopic (exact) mass is 1160 g/mol. The van der Waals surface area contributed by atoms with Crippen LogP contribution in [0.3, 0.4) is 0 Å². The predicted molar refractivity (Wildman–Crippen MR) is 256 cm³/mol. The van der Waals surface area contributed by atoms with Crippen molar-refractivity contribution in [2.75, 3.05) is 19.8 Å². The summed E-state index contributed by atoms with van der Waals surface area (Å²) in [6.07, 6.45) is -13.6. The molecule has 8 rings (SSSR count). The van der Waals surface area contributed by atoms with Gasteiger partial charge in [-0.15, -0.1) is 0 Å². The molecule has 2 aliphatic rings. The molecular formula is C52H56O15Sn2. The Labute approximate surface area is 414 Å². The number of hydrogen-bond donors (Lipinski definition) is 8. The maximum atomic E-state index is 10.00. The van der Waals surface area contributed by atoms with Crippen molar-refractivity contribution < 1.29 is 74.9 Å². The summed E-state index contributed by atoms with van der Waals surface area (Å²) in [4.78, 5) is 19.0. The van der Waals surface area contributed by atoms with Crippen molar-refractivity contribution in [3.63, 3.8) is 0 Å². The van der Waals surface area contributed by atoms with Gasteiger partial charge < -0.3 is 74.9 Å². The van der Waals surface area contributed by atoms with Gasteiger partial charge in [-0.3, -0.25) is 0 Å². The van der Waals surface area contributed by atoms with Crippen molar-refractivity contribution in [2.24, 2.45) is 0 Å². The number of carboxylic acids is 2. The molecule has 2 fully saturated rings. The Kier molecular flexibility index (Phi) is 22.7. The van der Waals surface area contributed by atoms with Gasteiger partial charge in [0.05, 0.1) is 13.2 Å². The molecule has 17 heteroatoms. The molecule has 6 aromatic rings. The summed E-state index contributed by atoms with van der Waals surface area (Å²) >= 11 is -3.96. The van der Waals surface area contributed by atoms with Crippen LogP contribution in [0.5, 0.6) is 0 Å². The normalized spacial score (nSPS) is 23.6. The van der Waals surface area contributed by atoms with Crippen molar-refractivity contribution in [1.82, 2.24) is 0 Å². The van der Waals surface area contributed by atoms with Crippen molar-refractivity contribution in [3.05, 3.63) is 182 Å². The molecule has 0 radical (unpaired) electrons. The number of aliphatic hydroxyl groups excluding tert-OH is 8. The first-order valence-electron chi connectivity index (χ1n) is 22.0. The van der Waals surface area contributed by atoms with E-state index in [0.29, 0.717) is 0 Å². The van der Waals surface area contributed by atoms with E-state index in [2.05, 4.69) is 182 Å². The molecule has 0 spiro atoms. The van der Waals surface area contributed by atoms with Crippen LogP contribution in [0.2, 0.25) is 0 Å². The number of hydrogen-bond acceptors (Lipinski definition) is 15.